The van der Waals surface area contributed by atoms with Gasteiger partial charge in [0.2, 0.25) is 0 Å². The van der Waals surface area contributed by atoms with Crippen LogP contribution in [0.4, 0.5) is 0 Å². The van der Waals surface area contributed by atoms with Gasteiger partial charge in [-0.3, -0.25) is 9.59 Å². The molecule has 5 heteroatoms. The van der Waals surface area contributed by atoms with E-state index in [0.29, 0.717) is 12.0 Å². The van der Waals surface area contributed by atoms with Crippen molar-refractivity contribution in [1.29, 1.82) is 0 Å². The topological polar surface area (TPSA) is 82.2 Å². The van der Waals surface area contributed by atoms with Crippen LogP contribution in [0.2, 0.25) is 0 Å². The van der Waals surface area contributed by atoms with Crippen LogP contribution in [-0.4, -0.2) is 28.1 Å². The van der Waals surface area contributed by atoms with Crippen molar-refractivity contribution >= 4 is 5.91 Å². The van der Waals surface area contributed by atoms with Crippen LogP contribution in [-0.2, 0) is 0 Å². The third-order valence-electron chi connectivity index (χ3n) is 2.98. The highest BCUT2D eigenvalue weighted by molar-refractivity contribution is 5.95. The summed E-state index contributed by atoms with van der Waals surface area (Å²) in [6, 6.07) is 1.74. The van der Waals surface area contributed by atoms with Crippen LogP contribution in [0.15, 0.2) is 10.9 Å². The highest BCUT2D eigenvalue weighted by Crippen LogP contribution is 2.07. The van der Waals surface area contributed by atoms with Crippen molar-refractivity contribution in [1.82, 2.24) is 10.3 Å². The number of carbonyl (C=O) groups excluding carboxylic acids is 1. The van der Waals surface area contributed by atoms with Crippen molar-refractivity contribution in [2.75, 3.05) is 6.54 Å². The number of hydrogen-bond acceptors (Lipinski definition) is 3. The number of aliphatic hydroxyl groups is 1. The Hall–Kier alpha value is -1.62. The Kier molecular flexibility index (Phi) is 4.29. The normalized spacial score (nSPS) is 14.1. The Morgan fingerprint density at radius 3 is 2.61 bits per heavy atom. The summed E-state index contributed by atoms with van der Waals surface area (Å²) in [5, 5.41) is 12.4. The summed E-state index contributed by atoms with van der Waals surface area (Å²) in [6.07, 6.45) is 0.524. The molecule has 3 N–H and O–H groups in total. The summed E-state index contributed by atoms with van der Waals surface area (Å²) in [6.45, 7) is 7.07. The van der Waals surface area contributed by atoms with Crippen LogP contribution in [0.25, 0.3) is 0 Å². The fourth-order valence-electron chi connectivity index (χ4n) is 1.62. The first-order valence-electron chi connectivity index (χ1n) is 5.98. The number of aryl methyl sites for hydroxylation is 2. The van der Waals surface area contributed by atoms with Gasteiger partial charge in [-0.25, -0.2) is 0 Å². The second-order valence-electron chi connectivity index (χ2n) is 4.87. The maximum Gasteiger partial charge on any atom is 0.261 e. The molecule has 0 saturated heterocycles. The highest BCUT2D eigenvalue weighted by atomic mass is 16.3. The molecule has 1 aromatic heterocycles. The molecule has 1 rings (SSSR count). The first kappa shape index (κ1) is 14.4. The number of aromatic nitrogens is 1. The van der Waals surface area contributed by atoms with E-state index in [1.54, 1.807) is 26.8 Å². The minimum atomic E-state index is -0.957. The predicted molar refractivity (Wildman–Crippen MR) is 69.8 cm³/mol. The minimum absolute atomic E-state index is 0.104. The highest BCUT2D eigenvalue weighted by Gasteiger charge is 2.20. The molecule has 0 radical (unpaired) electrons. The summed E-state index contributed by atoms with van der Waals surface area (Å²) in [5.41, 5.74) is 0.0919. The lowest BCUT2D eigenvalue weighted by Gasteiger charge is -2.21. The first-order valence-corrected chi connectivity index (χ1v) is 5.98. The second kappa shape index (κ2) is 5.35. The number of rotatable bonds is 4. The van der Waals surface area contributed by atoms with Gasteiger partial charge in [0, 0.05) is 12.2 Å². The molecule has 1 unspecified atom stereocenters. The number of H-pyrrole nitrogens is 1. The van der Waals surface area contributed by atoms with E-state index in [9.17, 15) is 14.7 Å². The van der Waals surface area contributed by atoms with Gasteiger partial charge < -0.3 is 15.4 Å². The van der Waals surface area contributed by atoms with Crippen molar-refractivity contribution in [2.45, 2.75) is 39.7 Å². The Morgan fingerprint density at radius 2 is 2.11 bits per heavy atom. The van der Waals surface area contributed by atoms with E-state index in [2.05, 4.69) is 10.3 Å². The molecule has 0 spiro atoms. The van der Waals surface area contributed by atoms with Gasteiger partial charge in [0.25, 0.3) is 11.5 Å². The molecule has 0 aliphatic rings. The number of hydrogen-bond donors (Lipinski definition) is 3. The predicted octanol–water partition coefficient (Wildman–Crippen LogP) is 0.883. The zero-order valence-corrected chi connectivity index (χ0v) is 11.3. The van der Waals surface area contributed by atoms with Gasteiger partial charge in [-0.1, -0.05) is 6.92 Å². The van der Waals surface area contributed by atoms with E-state index < -0.39 is 17.1 Å². The van der Waals surface area contributed by atoms with E-state index in [0.717, 1.165) is 5.69 Å². The van der Waals surface area contributed by atoms with Crippen molar-refractivity contribution in [2.24, 2.45) is 0 Å². The smallest absolute Gasteiger partial charge is 0.261 e. The van der Waals surface area contributed by atoms with Crippen LogP contribution < -0.4 is 10.9 Å². The molecule has 0 fully saturated rings. The Labute approximate surface area is 106 Å². The molecule has 1 heterocycles. The minimum Gasteiger partial charge on any atom is -0.388 e. The van der Waals surface area contributed by atoms with Gasteiger partial charge >= 0.3 is 0 Å². The summed E-state index contributed by atoms with van der Waals surface area (Å²) in [5.74, 6) is -0.456. The first-order chi connectivity index (χ1) is 8.26. The van der Waals surface area contributed by atoms with Gasteiger partial charge in [-0.2, -0.15) is 0 Å². The van der Waals surface area contributed by atoms with Gasteiger partial charge in [0.05, 0.1) is 5.60 Å². The number of amides is 1. The lowest BCUT2D eigenvalue weighted by molar-refractivity contribution is 0.0517. The van der Waals surface area contributed by atoms with E-state index in [-0.39, 0.29) is 12.1 Å². The van der Waals surface area contributed by atoms with E-state index in [1.807, 2.05) is 6.92 Å². The molecular weight excluding hydrogens is 232 g/mol. The standard InChI is InChI=1S/C13H20N2O3/c1-5-13(4,18)7-14-11(16)10-8(2)6-9(3)15-12(10)17/h6,18H,5,7H2,1-4H3,(H,14,16)(H,15,17). The largest absolute Gasteiger partial charge is 0.388 e. The fourth-order valence-corrected chi connectivity index (χ4v) is 1.62. The second-order valence-corrected chi connectivity index (χ2v) is 4.87. The molecule has 100 valence electrons. The SMILES string of the molecule is CCC(C)(O)CNC(=O)c1c(C)cc(C)[nH]c1=O. The zero-order valence-electron chi connectivity index (χ0n) is 11.3. The zero-order chi connectivity index (χ0) is 13.9. The molecule has 5 nitrogen and oxygen atoms in total. The molecule has 0 aliphatic carbocycles. The van der Waals surface area contributed by atoms with Crippen LogP contribution >= 0.6 is 0 Å². The maximum absolute atomic E-state index is 11.9. The Bertz CT molecular complexity index is 503. The summed E-state index contributed by atoms with van der Waals surface area (Å²) in [4.78, 5) is 26.2. The van der Waals surface area contributed by atoms with E-state index in [4.69, 9.17) is 0 Å². The van der Waals surface area contributed by atoms with E-state index >= 15 is 0 Å². The van der Waals surface area contributed by atoms with Crippen molar-refractivity contribution in [3.63, 3.8) is 0 Å². The maximum atomic E-state index is 11.9. The van der Waals surface area contributed by atoms with Gasteiger partial charge in [0.1, 0.15) is 5.56 Å². The number of pyridine rings is 1. The van der Waals surface area contributed by atoms with Crippen LogP contribution in [0, 0.1) is 13.8 Å². The molecule has 0 aromatic carbocycles. The molecule has 18 heavy (non-hydrogen) atoms. The van der Waals surface area contributed by atoms with Gasteiger partial charge in [-0.05, 0) is 38.8 Å². The number of aromatic amines is 1. The van der Waals surface area contributed by atoms with Gasteiger partial charge in [-0.15, -0.1) is 0 Å². The quantitative estimate of drug-likeness (QED) is 0.744. The molecule has 1 aromatic rings. The number of carbonyl (C=O) groups is 1. The molecule has 0 bridgehead atoms. The summed E-state index contributed by atoms with van der Waals surface area (Å²) in [7, 11) is 0. The summed E-state index contributed by atoms with van der Waals surface area (Å²) >= 11 is 0. The van der Waals surface area contributed by atoms with Crippen molar-refractivity contribution < 1.29 is 9.90 Å². The Morgan fingerprint density at radius 1 is 1.50 bits per heavy atom. The third-order valence-corrected chi connectivity index (χ3v) is 2.98. The van der Waals surface area contributed by atoms with E-state index in [1.165, 1.54) is 0 Å². The van der Waals surface area contributed by atoms with Crippen LogP contribution in [0.5, 0.6) is 0 Å². The van der Waals surface area contributed by atoms with Crippen LogP contribution in [0.1, 0.15) is 41.9 Å². The Balaban J connectivity index is 2.89. The average Bonchev–Trinajstić information content (AvgIpc) is 2.25. The average molecular weight is 252 g/mol. The summed E-state index contributed by atoms with van der Waals surface area (Å²) < 4.78 is 0. The molecule has 0 saturated carbocycles. The fraction of sp³-hybridized carbons (Fsp3) is 0.538. The van der Waals surface area contributed by atoms with Gasteiger partial charge in [0.15, 0.2) is 0 Å². The molecule has 1 amide bonds. The lowest BCUT2D eigenvalue weighted by Crippen LogP contribution is -2.41. The van der Waals surface area contributed by atoms with Crippen molar-refractivity contribution in [3.8, 4) is 0 Å². The molecule has 0 aliphatic heterocycles. The lowest BCUT2D eigenvalue weighted by atomic mass is 10.0. The molecule has 1 atom stereocenters. The monoisotopic (exact) mass is 252 g/mol. The third kappa shape index (κ3) is 3.43. The molecular formula is C13H20N2O3. The van der Waals surface area contributed by atoms with Crippen LogP contribution in [0.3, 0.4) is 0 Å². The van der Waals surface area contributed by atoms with Crippen molar-refractivity contribution in [3.05, 3.63) is 33.2 Å². The number of nitrogens with one attached hydrogen (secondary N) is 2.